The van der Waals surface area contributed by atoms with E-state index in [1.54, 1.807) is 23.1 Å². The highest BCUT2D eigenvalue weighted by atomic mass is 16.5. The van der Waals surface area contributed by atoms with E-state index < -0.39 is 0 Å². The van der Waals surface area contributed by atoms with Crippen molar-refractivity contribution in [3.8, 4) is 17.4 Å². The number of aromatic nitrogens is 3. The summed E-state index contributed by atoms with van der Waals surface area (Å²) in [5, 5.41) is 4.27. The third-order valence-electron chi connectivity index (χ3n) is 3.04. The van der Waals surface area contributed by atoms with Gasteiger partial charge in [0.25, 0.3) is 0 Å². The standard InChI is InChI=1S/C16H13N3O2/c1-12-7-8-13(10-20)9-15(12)21-16-17-11-19(18-16)14-5-3-2-4-6-14/h2-11H,1H3. The topological polar surface area (TPSA) is 57.0 Å². The third kappa shape index (κ3) is 2.81. The zero-order valence-electron chi connectivity index (χ0n) is 11.4. The zero-order chi connectivity index (χ0) is 14.7. The first-order valence-electron chi connectivity index (χ1n) is 6.47. The molecule has 0 saturated heterocycles. The fraction of sp³-hybridized carbons (Fsp3) is 0.0625. The quantitative estimate of drug-likeness (QED) is 0.688. The largest absolute Gasteiger partial charge is 0.423 e. The Morgan fingerprint density at radius 2 is 1.95 bits per heavy atom. The molecule has 0 fully saturated rings. The van der Waals surface area contributed by atoms with E-state index in [4.69, 9.17) is 4.74 Å². The lowest BCUT2D eigenvalue weighted by molar-refractivity contribution is 0.112. The van der Waals surface area contributed by atoms with Gasteiger partial charge >= 0.3 is 6.01 Å². The number of aldehydes is 1. The molecule has 0 spiro atoms. The van der Waals surface area contributed by atoms with Gasteiger partial charge in [-0.05, 0) is 30.7 Å². The molecule has 3 rings (SSSR count). The van der Waals surface area contributed by atoms with E-state index >= 15 is 0 Å². The molecule has 0 bridgehead atoms. The Balaban J connectivity index is 1.86. The smallest absolute Gasteiger partial charge is 0.341 e. The van der Waals surface area contributed by atoms with Gasteiger partial charge in [0.15, 0.2) is 0 Å². The monoisotopic (exact) mass is 279 g/mol. The van der Waals surface area contributed by atoms with Crippen molar-refractivity contribution in [1.82, 2.24) is 14.8 Å². The molecule has 2 aromatic carbocycles. The van der Waals surface area contributed by atoms with Crippen molar-refractivity contribution < 1.29 is 9.53 Å². The molecule has 5 heteroatoms. The summed E-state index contributed by atoms with van der Waals surface area (Å²) in [4.78, 5) is 14.9. The van der Waals surface area contributed by atoms with Crippen molar-refractivity contribution in [1.29, 1.82) is 0 Å². The molecular formula is C16H13N3O2. The summed E-state index contributed by atoms with van der Waals surface area (Å²) in [6.07, 6.45) is 2.37. The molecule has 21 heavy (non-hydrogen) atoms. The summed E-state index contributed by atoms with van der Waals surface area (Å²) in [5.41, 5.74) is 2.37. The predicted octanol–water partition coefficient (Wildman–Crippen LogP) is 3.18. The van der Waals surface area contributed by atoms with E-state index in [1.165, 1.54) is 0 Å². The lowest BCUT2D eigenvalue weighted by atomic mass is 10.1. The van der Waals surface area contributed by atoms with Gasteiger partial charge in [-0.15, -0.1) is 5.10 Å². The second kappa shape index (κ2) is 5.58. The van der Waals surface area contributed by atoms with Crippen LogP contribution in [0.4, 0.5) is 0 Å². The predicted molar refractivity (Wildman–Crippen MR) is 78.0 cm³/mol. The molecule has 0 unspecified atom stereocenters. The molecule has 0 atom stereocenters. The minimum Gasteiger partial charge on any atom is -0.423 e. The number of hydrogen-bond donors (Lipinski definition) is 0. The highest BCUT2D eigenvalue weighted by Crippen LogP contribution is 2.23. The van der Waals surface area contributed by atoms with Crippen LogP contribution in [-0.2, 0) is 0 Å². The Bertz CT molecular complexity index is 766. The summed E-state index contributed by atoms with van der Waals surface area (Å²) >= 11 is 0. The second-order valence-corrected chi connectivity index (χ2v) is 4.55. The Labute approximate surface area is 121 Å². The molecular weight excluding hydrogens is 266 g/mol. The molecule has 104 valence electrons. The van der Waals surface area contributed by atoms with Gasteiger partial charge in [-0.3, -0.25) is 4.79 Å². The number of carbonyl (C=O) groups excluding carboxylic acids is 1. The van der Waals surface area contributed by atoms with Gasteiger partial charge in [0, 0.05) is 5.56 Å². The van der Waals surface area contributed by atoms with Crippen LogP contribution in [0.1, 0.15) is 15.9 Å². The Kier molecular flexibility index (Phi) is 3.47. The maximum absolute atomic E-state index is 10.8. The van der Waals surface area contributed by atoms with Crippen LogP contribution >= 0.6 is 0 Å². The first-order valence-corrected chi connectivity index (χ1v) is 6.47. The SMILES string of the molecule is Cc1ccc(C=O)cc1Oc1ncn(-c2ccccc2)n1. The molecule has 5 nitrogen and oxygen atoms in total. The van der Waals surface area contributed by atoms with E-state index in [-0.39, 0.29) is 6.01 Å². The molecule has 0 aliphatic carbocycles. The van der Waals surface area contributed by atoms with Crippen molar-refractivity contribution in [2.45, 2.75) is 6.92 Å². The number of aryl methyl sites for hydroxylation is 1. The fourth-order valence-corrected chi connectivity index (χ4v) is 1.90. The summed E-state index contributed by atoms with van der Waals surface area (Å²) < 4.78 is 7.29. The molecule has 0 saturated carbocycles. The number of carbonyl (C=O) groups is 1. The number of benzene rings is 2. The Hall–Kier alpha value is -2.95. The average Bonchev–Trinajstić information content (AvgIpc) is 2.99. The van der Waals surface area contributed by atoms with Gasteiger partial charge < -0.3 is 4.74 Å². The Morgan fingerprint density at radius 3 is 2.71 bits per heavy atom. The first-order chi connectivity index (χ1) is 10.3. The van der Waals surface area contributed by atoms with E-state index in [9.17, 15) is 4.79 Å². The van der Waals surface area contributed by atoms with Crippen LogP contribution in [0.3, 0.4) is 0 Å². The molecule has 0 amide bonds. The first kappa shape index (κ1) is 13.1. The molecule has 1 aromatic heterocycles. The second-order valence-electron chi connectivity index (χ2n) is 4.55. The molecule has 0 aliphatic heterocycles. The van der Waals surface area contributed by atoms with Crippen LogP contribution in [0.5, 0.6) is 11.8 Å². The van der Waals surface area contributed by atoms with Crippen LogP contribution in [0.2, 0.25) is 0 Å². The normalized spacial score (nSPS) is 10.3. The number of rotatable bonds is 4. The van der Waals surface area contributed by atoms with Gasteiger partial charge in [-0.25, -0.2) is 4.68 Å². The van der Waals surface area contributed by atoms with E-state index in [1.807, 2.05) is 43.3 Å². The van der Waals surface area contributed by atoms with E-state index in [2.05, 4.69) is 10.1 Å². The van der Waals surface area contributed by atoms with Crippen LogP contribution in [0.25, 0.3) is 5.69 Å². The van der Waals surface area contributed by atoms with Gasteiger partial charge in [-0.1, -0.05) is 30.3 Å². The zero-order valence-corrected chi connectivity index (χ0v) is 11.4. The van der Waals surface area contributed by atoms with Crippen molar-refractivity contribution in [3.05, 3.63) is 66.0 Å². The van der Waals surface area contributed by atoms with E-state index in [0.29, 0.717) is 11.3 Å². The minimum absolute atomic E-state index is 0.241. The van der Waals surface area contributed by atoms with Gasteiger partial charge in [0.2, 0.25) is 0 Å². The molecule has 0 radical (unpaired) electrons. The lowest BCUT2D eigenvalue weighted by Gasteiger charge is -2.05. The number of hydrogen-bond acceptors (Lipinski definition) is 4. The molecule has 3 aromatic rings. The van der Waals surface area contributed by atoms with Crippen molar-refractivity contribution in [3.63, 3.8) is 0 Å². The van der Waals surface area contributed by atoms with Crippen molar-refractivity contribution >= 4 is 6.29 Å². The van der Waals surface area contributed by atoms with Crippen LogP contribution < -0.4 is 4.74 Å². The maximum Gasteiger partial charge on any atom is 0.341 e. The summed E-state index contributed by atoms with van der Waals surface area (Å²) in [7, 11) is 0. The van der Waals surface area contributed by atoms with E-state index in [0.717, 1.165) is 17.5 Å². The third-order valence-corrected chi connectivity index (χ3v) is 3.04. The van der Waals surface area contributed by atoms with Crippen LogP contribution in [-0.4, -0.2) is 21.1 Å². The number of ether oxygens (including phenoxy) is 1. The van der Waals surface area contributed by atoms with Crippen molar-refractivity contribution in [2.75, 3.05) is 0 Å². The Morgan fingerprint density at radius 1 is 1.14 bits per heavy atom. The molecule has 1 heterocycles. The highest BCUT2D eigenvalue weighted by molar-refractivity contribution is 5.75. The highest BCUT2D eigenvalue weighted by Gasteiger charge is 2.08. The maximum atomic E-state index is 10.8. The lowest BCUT2D eigenvalue weighted by Crippen LogP contribution is -1.95. The molecule has 0 N–H and O–H groups in total. The molecule has 0 aliphatic rings. The average molecular weight is 279 g/mol. The van der Waals surface area contributed by atoms with Gasteiger partial charge in [-0.2, -0.15) is 4.98 Å². The van der Waals surface area contributed by atoms with Crippen LogP contribution in [0.15, 0.2) is 54.9 Å². The van der Waals surface area contributed by atoms with Crippen LogP contribution in [0, 0.1) is 6.92 Å². The minimum atomic E-state index is 0.241. The van der Waals surface area contributed by atoms with Gasteiger partial charge in [0.1, 0.15) is 18.4 Å². The number of nitrogens with zero attached hydrogens (tertiary/aromatic N) is 3. The summed E-state index contributed by atoms with van der Waals surface area (Å²) in [6, 6.07) is 15.1. The summed E-state index contributed by atoms with van der Waals surface area (Å²) in [6.45, 7) is 1.90. The van der Waals surface area contributed by atoms with Gasteiger partial charge in [0.05, 0.1) is 5.69 Å². The van der Waals surface area contributed by atoms with Crippen molar-refractivity contribution in [2.24, 2.45) is 0 Å². The number of para-hydroxylation sites is 1. The summed E-state index contributed by atoms with van der Waals surface area (Å²) in [5.74, 6) is 0.574. The fourth-order valence-electron chi connectivity index (χ4n) is 1.90.